The van der Waals surface area contributed by atoms with Gasteiger partial charge in [0.2, 0.25) is 0 Å². The van der Waals surface area contributed by atoms with E-state index < -0.39 is 23.5 Å². The lowest BCUT2D eigenvalue weighted by Gasteiger charge is -2.17. The second-order valence-electron chi connectivity index (χ2n) is 2.50. The summed E-state index contributed by atoms with van der Waals surface area (Å²) in [5.74, 6) is 0. The lowest BCUT2D eigenvalue weighted by atomic mass is 10.1. The van der Waals surface area contributed by atoms with Crippen LogP contribution < -0.4 is 0 Å². The third kappa shape index (κ3) is 3.28. The van der Waals surface area contributed by atoms with E-state index in [1.807, 2.05) is 0 Å². The zero-order valence-electron chi connectivity index (χ0n) is 6.97. The highest BCUT2D eigenvalue weighted by Gasteiger charge is 2.51. The molecule has 0 heterocycles. The molecule has 0 bridgehead atoms. The first-order valence-electron chi connectivity index (χ1n) is 3.44. The van der Waals surface area contributed by atoms with Crippen molar-refractivity contribution in [2.75, 3.05) is 0 Å². The summed E-state index contributed by atoms with van der Waals surface area (Å²) in [6.07, 6.45) is -10.9. The number of rotatable bonds is 1. The first kappa shape index (κ1) is 12.3. The van der Waals surface area contributed by atoms with Gasteiger partial charge in [0, 0.05) is 0 Å². The highest BCUT2D eigenvalue weighted by Crippen LogP contribution is 2.41. The van der Waals surface area contributed by atoms with Crippen LogP contribution in [0.2, 0.25) is 0 Å². The van der Waals surface area contributed by atoms with Gasteiger partial charge in [0.25, 0.3) is 0 Å². The number of hydrogen-bond acceptors (Lipinski definition) is 0. The molecule has 0 nitrogen and oxygen atoms in total. The summed E-state index contributed by atoms with van der Waals surface area (Å²) < 4.78 is 71.3. The fourth-order valence-electron chi connectivity index (χ4n) is 0.821. The first-order chi connectivity index (χ1) is 5.60. The topological polar surface area (TPSA) is 0 Å². The van der Waals surface area contributed by atoms with Gasteiger partial charge in [0.15, 0.2) is 0 Å². The maximum atomic E-state index is 11.9. The Balaban J connectivity index is 5.25. The Morgan fingerprint density at radius 3 is 1.31 bits per heavy atom. The lowest BCUT2D eigenvalue weighted by Crippen LogP contribution is -2.27. The Morgan fingerprint density at radius 2 is 1.23 bits per heavy atom. The molecular weight excluding hydrogens is 198 g/mol. The molecular formula is C7H8F6. The maximum absolute atomic E-state index is 11.9. The van der Waals surface area contributed by atoms with E-state index >= 15 is 0 Å². The summed E-state index contributed by atoms with van der Waals surface area (Å²) in [6, 6.07) is 0. The minimum Gasteiger partial charge on any atom is -0.166 e. The van der Waals surface area contributed by atoms with Crippen molar-refractivity contribution in [1.82, 2.24) is 0 Å². The van der Waals surface area contributed by atoms with Gasteiger partial charge in [-0.05, 0) is 13.3 Å². The molecule has 0 saturated carbocycles. The summed E-state index contributed by atoms with van der Waals surface area (Å²) in [6.45, 7) is 2.07. The van der Waals surface area contributed by atoms with E-state index in [0.29, 0.717) is 0 Å². The molecule has 0 N–H and O–H groups in total. The molecule has 0 saturated heterocycles. The Hall–Kier alpha value is -0.680. The average Bonchev–Trinajstić information content (AvgIpc) is 1.80. The predicted molar refractivity (Wildman–Crippen MR) is 35.1 cm³/mol. The van der Waals surface area contributed by atoms with Gasteiger partial charge in [-0.2, -0.15) is 26.3 Å². The molecule has 0 rings (SSSR count). The van der Waals surface area contributed by atoms with Gasteiger partial charge >= 0.3 is 12.4 Å². The minimum atomic E-state index is -5.32. The van der Waals surface area contributed by atoms with E-state index in [0.717, 1.165) is 6.92 Å². The molecule has 0 aliphatic carbocycles. The van der Waals surface area contributed by atoms with E-state index in [1.165, 1.54) is 6.92 Å². The van der Waals surface area contributed by atoms with Crippen molar-refractivity contribution in [1.29, 1.82) is 0 Å². The molecule has 0 amide bonds. The zero-order chi connectivity index (χ0) is 10.9. The fraction of sp³-hybridized carbons (Fsp3) is 0.714. The Morgan fingerprint density at radius 1 is 0.923 bits per heavy atom. The van der Waals surface area contributed by atoms with E-state index in [4.69, 9.17) is 0 Å². The van der Waals surface area contributed by atoms with E-state index in [1.54, 1.807) is 0 Å². The van der Waals surface area contributed by atoms with Crippen molar-refractivity contribution in [3.05, 3.63) is 11.1 Å². The van der Waals surface area contributed by atoms with Crippen molar-refractivity contribution in [3.8, 4) is 0 Å². The van der Waals surface area contributed by atoms with Crippen LogP contribution in [0.25, 0.3) is 0 Å². The number of allylic oxidation sites excluding steroid dienone is 2. The monoisotopic (exact) mass is 206 g/mol. The van der Waals surface area contributed by atoms with E-state index in [9.17, 15) is 26.3 Å². The predicted octanol–water partition coefficient (Wildman–Crippen LogP) is 3.84. The van der Waals surface area contributed by atoms with Crippen LogP contribution in [-0.4, -0.2) is 12.4 Å². The third-order valence-electron chi connectivity index (χ3n) is 1.52. The number of alkyl halides is 6. The fourth-order valence-corrected chi connectivity index (χ4v) is 0.821. The molecule has 0 fully saturated rings. The van der Waals surface area contributed by atoms with Crippen LogP contribution in [0, 0.1) is 0 Å². The van der Waals surface area contributed by atoms with Crippen LogP contribution in [0.3, 0.4) is 0 Å². The van der Waals surface area contributed by atoms with Crippen molar-refractivity contribution in [2.24, 2.45) is 0 Å². The molecule has 13 heavy (non-hydrogen) atoms. The van der Waals surface area contributed by atoms with Crippen LogP contribution in [-0.2, 0) is 0 Å². The zero-order valence-corrected chi connectivity index (χ0v) is 6.97. The quantitative estimate of drug-likeness (QED) is 0.451. The highest BCUT2D eigenvalue weighted by molar-refractivity contribution is 5.22. The number of halogens is 6. The maximum Gasteiger partial charge on any atom is 0.421 e. The average molecular weight is 206 g/mol. The first-order valence-corrected chi connectivity index (χ1v) is 3.44. The molecule has 0 aliphatic heterocycles. The molecule has 0 unspecified atom stereocenters. The van der Waals surface area contributed by atoms with Gasteiger partial charge in [0.1, 0.15) is 5.57 Å². The van der Waals surface area contributed by atoms with Gasteiger partial charge in [-0.25, -0.2) is 0 Å². The van der Waals surface area contributed by atoms with Crippen molar-refractivity contribution in [2.45, 2.75) is 32.6 Å². The smallest absolute Gasteiger partial charge is 0.166 e. The summed E-state index contributed by atoms with van der Waals surface area (Å²) in [4.78, 5) is 0. The Bertz CT molecular complexity index is 190. The molecule has 0 spiro atoms. The van der Waals surface area contributed by atoms with Crippen LogP contribution in [0.15, 0.2) is 11.1 Å². The van der Waals surface area contributed by atoms with Crippen LogP contribution in [0.5, 0.6) is 0 Å². The summed E-state index contributed by atoms with van der Waals surface area (Å²) in [7, 11) is 0. The number of hydrogen-bond donors (Lipinski definition) is 0. The summed E-state index contributed by atoms with van der Waals surface area (Å²) >= 11 is 0. The van der Waals surface area contributed by atoms with Gasteiger partial charge in [-0.15, -0.1) is 0 Å². The van der Waals surface area contributed by atoms with Crippen molar-refractivity contribution < 1.29 is 26.3 Å². The minimum absolute atomic E-state index is 0.269. The summed E-state index contributed by atoms with van der Waals surface area (Å²) in [5, 5.41) is 0. The van der Waals surface area contributed by atoms with Gasteiger partial charge in [-0.1, -0.05) is 12.5 Å². The van der Waals surface area contributed by atoms with Crippen LogP contribution in [0.1, 0.15) is 20.3 Å². The SMILES string of the molecule is CCC(C)=C(C(F)(F)F)C(F)(F)F. The standard InChI is InChI=1S/C7H8F6/c1-3-4(2)5(6(8,9)10)7(11,12)13/h3H2,1-2H3. The van der Waals surface area contributed by atoms with Crippen LogP contribution >= 0.6 is 0 Å². The van der Waals surface area contributed by atoms with E-state index in [2.05, 4.69) is 0 Å². The van der Waals surface area contributed by atoms with Gasteiger partial charge < -0.3 is 0 Å². The normalized spacial score (nSPS) is 12.9. The molecule has 0 aromatic heterocycles. The second kappa shape index (κ2) is 3.59. The molecule has 0 aliphatic rings. The molecule has 0 aromatic carbocycles. The molecule has 6 heteroatoms. The van der Waals surface area contributed by atoms with Gasteiger partial charge in [-0.3, -0.25) is 0 Å². The second-order valence-corrected chi connectivity index (χ2v) is 2.50. The van der Waals surface area contributed by atoms with Gasteiger partial charge in [0.05, 0.1) is 0 Å². The highest BCUT2D eigenvalue weighted by atomic mass is 19.4. The molecule has 0 aromatic rings. The lowest BCUT2D eigenvalue weighted by molar-refractivity contribution is -0.173. The Labute approximate surface area is 71.2 Å². The largest absolute Gasteiger partial charge is 0.421 e. The van der Waals surface area contributed by atoms with Crippen LogP contribution in [0.4, 0.5) is 26.3 Å². The molecule has 78 valence electrons. The Kier molecular flexibility index (Phi) is 3.40. The van der Waals surface area contributed by atoms with E-state index in [-0.39, 0.29) is 6.42 Å². The molecule has 0 radical (unpaired) electrons. The molecule has 0 atom stereocenters. The van der Waals surface area contributed by atoms with Crippen molar-refractivity contribution >= 4 is 0 Å². The summed E-state index contributed by atoms with van der Waals surface area (Å²) in [5.41, 5.74) is -3.08. The van der Waals surface area contributed by atoms with Crippen molar-refractivity contribution in [3.63, 3.8) is 0 Å². The third-order valence-corrected chi connectivity index (χ3v) is 1.52.